The van der Waals surface area contributed by atoms with Crippen molar-refractivity contribution < 1.29 is 9.47 Å². The number of ether oxygens (including phenoxy) is 2. The zero-order valence-corrected chi connectivity index (χ0v) is 19.0. The maximum absolute atomic E-state index is 5.81. The summed E-state index contributed by atoms with van der Waals surface area (Å²) < 4.78 is 11.2. The number of hydrogen-bond donors (Lipinski definition) is 2. The van der Waals surface area contributed by atoms with Gasteiger partial charge < -0.3 is 20.1 Å². The first-order valence-electron chi connectivity index (χ1n) is 10.5. The molecule has 1 aliphatic carbocycles. The quantitative estimate of drug-likeness (QED) is 0.239. The number of hydrogen-bond acceptors (Lipinski definition) is 3. The van der Waals surface area contributed by atoms with Gasteiger partial charge in [-0.15, -0.1) is 24.0 Å². The van der Waals surface area contributed by atoms with E-state index < -0.39 is 0 Å². The Labute approximate surface area is 177 Å². The highest BCUT2D eigenvalue weighted by Crippen LogP contribution is 2.21. The number of nitrogens with zero attached hydrogens (tertiary/aromatic N) is 1. The van der Waals surface area contributed by atoms with Gasteiger partial charge in [-0.3, -0.25) is 4.99 Å². The van der Waals surface area contributed by atoms with Gasteiger partial charge in [0, 0.05) is 46.6 Å². The number of rotatable bonds is 8. The van der Waals surface area contributed by atoms with Gasteiger partial charge in [-0.25, -0.2) is 0 Å². The number of guanidine groups is 1. The minimum absolute atomic E-state index is 0. The van der Waals surface area contributed by atoms with Crippen molar-refractivity contribution >= 4 is 29.9 Å². The monoisotopic (exact) mass is 481 g/mol. The van der Waals surface area contributed by atoms with E-state index in [9.17, 15) is 0 Å². The van der Waals surface area contributed by atoms with E-state index in [1.807, 2.05) is 7.05 Å². The van der Waals surface area contributed by atoms with Crippen molar-refractivity contribution in [2.24, 2.45) is 16.8 Å². The van der Waals surface area contributed by atoms with E-state index in [4.69, 9.17) is 9.47 Å². The third-order valence-electron chi connectivity index (χ3n) is 5.46. The maximum Gasteiger partial charge on any atom is 0.190 e. The van der Waals surface area contributed by atoms with Crippen LogP contribution in [-0.4, -0.2) is 52.5 Å². The van der Waals surface area contributed by atoms with Crippen LogP contribution in [-0.2, 0) is 9.47 Å². The zero-order valence-electron chi connectivity index (χ0n) is 16.6. The van der Waals surface area contributed by atoms with Crippen LogP contribution in [0, 0.1) is 11.8 Å². The van der Waals surface area contributed by atoms with Crippen LogP contribution in [0.1, 0.15) is 64.2 Å². The maximum atomic E-state index is 5.81. The highest BCUT2D eigenvalue weighted by Gasteiger charge is 2.14. The average molecular weight is 481 g/mol. The summed E-state index contributed by atoms with van der Waals surface area (Å²) >= 11 is 0. The Bertz CT molecular complexity index is 355. The molecule has 0 radical (unpaired) electrons. The van der Waals surface area contributed by atoms with E-state index in [1.54, 1.807) is 0 Å². The first-order valence-corrected chi connectivity index (χ1v) is 10.5. The predicted octanol–water partition coefficient (Wildman–Crippen LogP) is 3.96. The number of halogens is 1. The molecule has 1 aliphatic heterocycles. The molecule has 5 nitrogen and oxygen atoms in total. The predicted molar refractivity (Wildman–Crippen MR) is 120 cm³/mol. The SMILES string of the molecule is CN=C(NCCCOCC1CCOCC1)NCC1CCCCCCC1.I. The van der Waals surface area contributed by atoms with Crippen molar-refractivity contribution in [2.45, 2.75) is 64.2 Å². The van der Waals surface area contributed by atoms with Gasteiger partial charge in [-0.05, 0) is 43.9 Å². The molecule has 0 aromatic heterocycles. The van der Waals surface area contributed by atoms with Gasteiger partial charge in [-0.2, -0.15) is 0 Å². The lowest BCUT2D eigenvalue weighted by atomic mass is 9.91. The Morgan fingerprint density at radius 1 is 0.962 bits per heavy atom. The Morgan fingerprint density at radius 3 is 2.35 bits per heavy atom. The molecule has 2 fully saturated rings. The summed E-state index contributed by atoms with van der Waals surface area (Å²) in [6.45, 7) is 5.48. The van der Waals surface area contributed by atoms with Crippen LogP contribution in [0.4, 0.5) is 0 Å². The van der Waals surface area contributed by atoms with E-state index in [0.717, 1.165) is 70.7 Å². The van der Waals surface area contributed by atoms with Crippen molar-refractivity contribution in [2.75, 3.05) is 46.6 Å². The molecular weight excluding hydrogens is 441 g/mol. The normalized spacial score (nSPS) is 20.7. The molecule has 0 atom stereocenters. The molecule has 0 aromatic carbocycles. The molecule has 154 valence electrons. The topological polar surface area (TPSA) is 54.9 Å². The standard InChI is InChI=1S/C20H39N3O2.HI/c1-21-20(23-16-18-8-5-3-2-4-6-9-18)22-12-7-13-25-17-19-10-14-24-15-11-19;/h18-19H,2-17H2,1H3,(H2,21,22,23);1H. The number of aliphatic imine (C=N–C) groups is 1. The fourth-order valence-electron chi connectivity index (χ4n) is 3.75. The third-order valence-corrected chi connectivity index (χ3v) is 5.46. The van der Waals surface area contributed by atoms with E-state index in [0.29, 0.717) is 5.92 Å². The molecule has 0 spiro atoms. The Kier molecular flexibility index (Phi) is 14.7. The zero-order chi connectivity index (χ0) is 17.6. The largest absolute Gasteiger partial charge is 0.381 e. The van der Waals surface area contributed by atoms with E-state index in [-0.39, 0.29) is 24.0 Å². The Hall–Kier alpha value is -0.0800. The van der Waals surface area contributed by atoms with Gasteiger partial charge in [-0.1, -0.05) is 32.1 Å². The van der Waals surface area contributed by atoms with E-state index in [2.05, 4.69) is 15.6 Å². The van der Waals surface area contributed by atoms with Gasteiger partial charge in [0.1, 0.15) is 0 Å². The lowest BCUT2D eigenvalue weighted by Gasteiger charge is -2.22. The van der Waals surface area contributed by atoms with E-state index >= 15 is 0 Å². The van der Waals surface area contributed by atoms with E-state index in [1.165, 1.54) is 44.9 Å². The van der Waals surface area contributed by atoms with Crippen molar-refractivity contribution in [1.82, 2.24) is 10.6 Å². The lowest BCUT2D eigenvalue weighted by molar-refractivity contribution is 0.0203. The first-order chi connectivity index (χ1) is 12.4. The fourth-order valence-corrected chi connectivity index (χ4v) is 3.75. The Balaban J connectivity index is 0.00000338. The van der Waals surface area contributed by atoms with Gasteiger partial charge in [0.05, 0.1) is 0 Å². The summed E-state index contributed by atoms with van der Waals surface area (Å²) in [7, 11) is 1.86. The summed E-state index contributed by atoms with van der Waals surface area (Å²) in [5.74, 6) is 2.44. The summed E-state index contributed by atoms with van der Waals surface area (Å²) in [6.07, 6.45) is 13.1. The van der Waals surface area contributed by atoms with Crippen LogP contribution in [0.5, 0.6) is 0 Å². The highest BCUT2D eigenvalue weighted by molar-refractivity contribution is 14.0. The average Bonchev–Trinajstić information content (AvgIpc) is 2.62. The summed E-state index contributed by atoms with van der Waals surface area (Å²) in [6, 6.07) is 0. The first kappa shape index (κ1) is 24.0. The second-order valence-corrected chi connectivity index (χ2v) is 7.58. The minimum atomic E-state index is 0. The molecule has 2 aliphatic rings. The molecule has 6 heteroatoms. The third kappa shape index (κ3) is 10.9. The number of nitrogens with one attached hydrogen (secondary N) is 2. The fraction of sp³-hybridized carbons (Fsp3) is 0.950. The van der Waals surface area contributed by atoms with Crippen molar-refractivity contribution in [1.29, 1.82) is 0 Å². The summed E-state index contributed by atoms with van der Waals surface area (Å²) in [5, 5.41) is 6.93. The van der Waals surface area contributed by atoms with Crippen LogP contribution in [0.2, 0.25) is 0 Å². The molecule has 1 heterocycles. The molecular formula is C20H40IN3O2. The van der Waals surface area contributed by atoms with Crippen LogP contribution < -0.4 is 10.6 Å². The van der Waals surface area contributed by atoms with Gasteiger partial charge in [0.25, 0.3) is 0 Å². The van der Waals surface area contributed by atoms with Crippen molar-refractivity contribution in [3.63, 3.8) is 0 Å². The highest BCUT2D eigenvalue weighted by atomic mass is 127. The molecule has 0 unspecified atom stereocenters. The molecule has 0 aromatic rings. The van der Waals surface area contributed by atoms with Gasteiger partial charge >= 0.3 is 0 Å². The molecule has 26 heavy (non-hydrogen) atoms. The molecule has 2 rings (SSSR count). The molecule has 1 saturated heterocycles. The lowest BCUT2D eigenvalue weighted by Crippen LogP contribution is -2.40. The minimum Gasteiger partial charge on any atom is -0.381 e. The second-order valence-electron chi connectivity index (χ2n) is 7.58. The smallest absolute Gasteiger partial charge is 0.190 e. The van der Waals surface area contributed by atoms with Crippen molar-refractivity contribution in [3.8, 4) is 0 Å². The van der Waals surface area contributed by atoms with Crippen molar-refractivity contribution in [3.05, 3.63) is 0 Å². The molecule has 1 saturated carbocycles. The van der Waals surface area contributed by atoms with Gasteiger partial charge in [0.2, 0.25) is 0 Å². The summed E-state index contributed by atoms with van der Waals surface area (Å²) in [5.41, 5.74) is 0. The summed E-state index contributed by atoms with van der Waals surface area (Å²) in [4.78, 5) is 4.35. The van der Waals surface area contributed by atoms with Gasteiger partial charge in [0.15, 0.2) is 5.96 Å². The molecule has 2 N–H and O–H groups in total. The van der Waals surface area contributed by atoms with Crippen LogP contribution in [0.15, 0.2) is 4.99 Å². The van der Waals surface area contributed by atoms with Crippen LogP contribution in [0.3, 0.4) is 0 Å². The second kappa shape index (κ2) is 15.9. The van der Waals surface area contributed by atoms with Crippen LogP contribution in [0.25, 0.3) is 0 Å². The van der Waals surface area contributed by atoms with Crippen LogP contribution >= 0.6 is 24.0 Å². The molecule has 0 amide bonds. The Morgan fingerprint density at radius 2 is 1.65 bits per heavy atom. The molecule has 0 bridgehead atoms.